The first-order chi connectivity index (χ1) is 21.2. The Kier molecular flexibility index (Phi) is 38.4. The zero-order chi connectivity index (χ0) is 31.3. The second kappa shape index (κ2) is 38.3. The zero-order valence-corrected chi connectivity index (χ0v) is 30.0. The number of nitrogens with zero attached hydrogens (tertiary/aromatic N) is 2. The van der Waals surface area contributed by atoms with Crippen molar-refractivity contribution < 1.29 is 48.8 Å². The fourth-order valence-electron chi connectivity index (χ4n) is 1.84. The lowest BCUT2D eigenvalue weighted by Crippen LogP contribution is -2.24. The summed E-state index contributed by atoms with van der Waals surface area (Å²) in [6, 6.07) is 0. The van der Waals surface area contributed by atoms with Crippen LogP contribution in [0.3, 0.4) is 0 Å². The van der Waals surface area contributed by atoms with Crippen LogP contribution in [0.1, 0.15) is 0 Å². The maximum Gasteiger partial charge on any atom is 0.408 e. The number of thioether (sulfide) groups is 8. The molecule has 0 heterocycles. The van der Waals surface area contributed by atoms with Crippen LogP contribution in [0.25, 0.3) is 0 Å². The van der Waals surface area contributed by atoms with Gasteiger partial charge in [-0.05, 0) is 0 Å². The second-order valence-corrected chi connectivity index (χ2v) is 16.0. The number of amides is 2. The molecule has 4 N–H and O–H groups in total. The van der Waals surface area contributed by atoms with Gasteiger partial charge >= 0.3 is 12.2 Å². The quantitative estimate of drug-likeness (QED) is 0.0194. The number of nitrogens with one attached hydrogen (secondary N) is 2. The average Bonchev–Trinajstić information content (AvgIpc) is 3.00. The summed E-state index contributed by atoms with van der Waals surface area (Å²) in [4.78, 5) is 50.7. The molecule has 0 unspecified atom stereocenters. The van der Waals surface area contributed by atoms with Crippen molar-refractivity contribution in [3.05, 3.63) is 0 Å². The van der Waals surface area contributed by atoms with E-state index >= 15 is 0 Å². The molecule has 252 valence electrons. The molecule has 0 atom stereocenters. The van der Waals surface area contributed by atoms with Crippen molar-refractivity contribution in [2.24, 2.45) is 9.98 Å². The van der Waals surface area contributed by atoms with Gasteiger partial charge in [-0.3, -0.25) is 0 Å². The summed E-state index contributed by atoms with van der Waals surface area (Å²) in [6.07, 6.45) is 1.57. The summed E-state index contributed by atoms with van der Waals surface area (Å²) in [7, 11) is 0. The van der Waals surface area contributed by atoms with Crippen LogP contribution in [0, 0.1) is 0 Å². The Morgan fingerprint density at radius 1 is 0.605 bits per heavy atom. The molecule has 0 rings (SSSR count). The molecule has 14 nitrogen and oxygen atoms in total. The molecule has 0 aromatic heterocycles. The van der Waals surface area contributed by atoms with E-state index in [-0.39, 0.29) is 19.2 Å². The molecular weight excluding hydrogens is 725 g/mol. The standard InChI is InChI=1S/C21H40N4O10S8/c26-1-5-36-7-3-30-20(28)24-13-40-17-39-12-23-10-34-35-16-43-19-42-15-31-21(29)25-14-41-18-38-11-22-9-33-32-4-8-37-6-2-27/h9-10,26-27H,1-8,11-19H2,(H,24,28)(H,25,29)/b22-9+,23-10-. The Morgan fingerprint density at radius 3 is 1.77 bits per heavy atom. The first-order valence-corrected chi connectivity index (χ1v) is 21.6. The molecule has 0 radical (unpaired) electrons. The third kappa shape index (κ3) is 38.2. The number of carbonyl (C=O) groups is 2. The lowest BCUT2D eigenvalue weighted by Gasteiger charge is -2.06. The van der Waals surface area contributed by atoms with Crippen LogP contribution in [-0.2, 0) is 29.0 Å². The number of ether oxygens (including phenoxy) is 2. The normalized spacial score (nSPS) is 11.2. The number of hydrogen-bond donors (Lipinski definition) is 4. The molecule has 0 saturated heterocycles. The Labute approximate surface area is 286 Å². The molecule has 0 aromatic carbocycles. The number of aliphatic hydroxyl groups is 2. The van der Waals surface area contributed by atoms with Crippen molar-refractivity contribution in [3.8, 4) is 0 Å². The van der Waals surface area contributed by atoms with E-state index in [0.29, 0.717) is 65.0 Å². The first kappa shape index (κ1) is 43.1. The van der Waals surface area contributed by atoms with Crippen LogP contribution in [-0.4, -0.2) is 135 Å². The Balaban J connectivity index is 3.29. The maximum absolute atomic E-state index is 11.7. The predicted molar refractivity (Wildman–Crippen MR) is 188 cm³/mol. The lowest BCUT2D eigenvalue weighted by atomic mass is 10.8. The maximum atomic E-state index is 11.7. The number of aliphatic hydroxyl groups excluding tert-OH is 2. The van der Waals surface area contributed by atoms with Crippen LogP contribution in [0.4, 0.5) is 9.59 Å². The molecular formula is C21H40N4O10S8. The number of hydrogen-bond acceptors (Lipinski definition) is 20. The third-order valence-electron chi connectivity index (χ3n) is 3.49. The second-order valence-electron chi connectivity index (χ2n) is 6.66. The molecule has 0 bridgehead atoms. The molecule has 0 aliphatic heterocycles. The van der Waals surface area contributed by atoms with E-state index < -0.39 is 12.2 Å². The fraction of sp³-hybridized carbons (Fsp3) is 0.810. The SMILES string of the molecule is O=C(NCSCSC/N=C\OOCSCSCOC(=O)NCSCSC/N=C/OOCCSCCO)OCCSCCO. The van der Waals surface area contributed by atoms with Gasteiger partial charge in [-0.2, -0.15) is 33.3 Å². The van der Waals surface area contributed by atoms with Crippen LogP contribution in [0.5, 0.6) is 0 Å². The number of carbonyl (C=O) groups excluding carboxylic acids is 2. The van der Waals surface area contributed by atoms with E-state index in [1.807, 2.05) is 0 Å². The highest BCUT2D eigenvalue weighted by Crippen LogP contribution is 2.13. The molecule has 43 heavy (non-hydrogen) atoms. The highest BCUT2D eigenvalue weighted by Gasteiger charge is 2.02. The molecule has 0 spiro atoms. The molecule has 2 amide bonds. The predicted octanol–water partition coefficient (Wildman–Crippen LogP) is 3.86. The Hall–Kier alpha value is 0.120. The van der Waals surface area contributed by atoms with Gasteiger partial charge < -0.3 is 40.1 Å². The van der Waals surface area contributed by atoms with Gasteiger partial charge in [0.15, 0.2) is 0 Å². The molecule has 0 saturated carbocycles. The summed E-state index contributed by atoms with van der Waals surface area (Å²) in [5, 5.41) is 24.8. The molecule has 0 aliphatic carbocycles. The highest BCUT2D eigenvalue weighted by molar-refractivity contribution is 8.16. The zero-order valence-electron chi connectivity index (χ0n) is 23.5. The van der Waals surface area contributed by atoms with Gasteiger partial charge in [-0.15, -0.1) is 70.6 Å². The van der Waals surface area contributed by atoms with Crippen molar-refractivity contribution in [1.29, 1.82) is 0 Å². The number of rotatable bonds is 32. The van der Waals surface area contributed by atoms with Gasteiger partial charge in [0.05, 0.1) is 36.7 Å². The van der Waals surface area contributed by atoms with Gasteiger partial charge in [0, 0.05) is 38.3 Å². The van der Waals surface area contributed by atoms with Gasteiger partial charge in [-0.25, -0.2) is 19.6 Å². The fourth-order valence-corrected chi connectivity index (χ4v) is 7.20. The van der Waals surface area contributed by atoms with Crippen LogP contribution in [0.15, 0.2) is 9.98 Å². The topological polar surface area (TPSA) is 179 Å². The van der Waals surface area contributed by atoms with Crippen LogP contribution < -0.4 is 10.6 Å². The van der Waals surface area contributed by atoms with Crippen molar-refractivity contribution in [2.75, 3.05) is 100 Å². The molecule has 0 fully saturated rings. The van der Waals surface area contributed by atoms with Crippen molar-refractivity contribution in [2.45, 2.75) is 0 Å². The summed E-state index contributed by atoms with van der Waals surface area (Å²) >= 11 is 12.2. The van der Waals surface area contributed by atoms with E-state index in [4.69, 9.17) is 39.2 Å². The van der Waals surface area contributed by atoms with Crippen molar-refractivity contribution in [1.82, 2.24) is 10.6 Å². The minimum absolute atomic E-state index is 0.122. The van der Waals surface area contributed by atoms with Crippen LogP contribution >= 0.6 is 94.1 Å². The van der Waals surface area contributed by atoms with Gasteiger partial charge in [-0.1, -0.05) is 0 Å². The largest absolute Gasteiger partial charge is 0.449 e. The van der Waals surface area contributed by atoms with E-state index in [9.17, 15) is 9.59 Å². The average molecular weight is 765 g/mol. The summed E-state index contributed by atoms with van der Waals surface area (Å²) in [6.45, 7) is 1.02. The third-order valence-corrected chi connectivity index (χ3v) is 11.2. The van der Waals surface area contributed by atoms with Crippen molar-refractivity contribution in [3.63, 3.8) is 0 Å². The van der Waals surface area contributed by atoms with Gasteiger partial charge in [0.1, 0.15) is 25.1 Å². The number of alkyl carbamates (subject to hydrolysis) is 2. The monoisotopic (exact) mass is 764 g/mol. The first-order valence-electron chi connectivity index (χ1n) is 12.4. The van der Waals surface area contributed by atoms with E-state index in [1.54, 1.807) is 35.3 Å². The molecule has 0 aliphatic rings. The van der Waals surface area contributed by atoms with E-state index in [1.165, 1.54) is 71.6 Å². The minimum Gasteiger partial charge on any atom is -0.449 e. The van der Waals surface area contributed by atoms with E-state index in [0.717, 1.165) is 15.9 Å². The minimum atomic E-state index is -0.470. The molecule has 22 heteroatoms. The highest BCUT2D eigenvalue weighted by atomic mass is 32.2. The number of aliphatic imine (C=N–C) groups is 2. The van der Waals surface area contributed by atoms with E-state index in [2.05, 4.69) is 20.6 Å². The van der Waals surface area contributed by atoms with Crippen LogP contribution in [0.2, 0.25) is 0 Å². The van der Waals surface area contributed by atoms with Gasteiger partial charge in [0.2, 0.25) is 12.8 Å². The van der Waals surface area contributed by atoms with Crippen molar-refractivity contribution >= 4 is 119 Å². The van der Waals surface area contributed by atoms with Gasteiger partial charge in [0.25, 0.3) is 0 Å². The lowest BCUT2D eigenvalue weighted by molar-refractivity contribution is -0.210. The Bertz CT molecular complexity index is 696. The summed E-state index contributed by atoms with van der Waals surface area (Å²) < 4.78 is 10.1. The molecule has 0 aromatic rings. The summed E-state index contributed by atoms with van der Waals surface area (Å²) in [5.74, 6) is 5.15. The summed E-state index contributed by atoms with van der Waals surface area (Å²) in [5.41, 5.74) is 0. The Morgan fingerprint density at radius 2 is 1.14 bits per heavy atom. The smallest absolute Gasteiger partial charge is 0.408 e.